The van der Waals surface area contributed by atoms with E-state index < -0.39 is 17.3 Å². The minimum atomic E-state index is -4.80. The molecule has 0 heterocycles. The van der Waals surface area contributed by atoms with E-state index in [4.69, 9.17) is 0 Å². The van der Waals surface area contributed by atoms with Gasteiger partial charge in [-0.15, -0.1) is 0 Å². The van der Waals surface area contributed by atoms with Crippen LogP contribution in [0.15, 0.2) is 0 Å². The second kappa shape index (κ2) is 2.20. The standard InChI is InChI=1S/CH2FO4S/c2-1-6-7(3,4)5/h1H2. The van der Waals surface area contributed by atoms with Crippen LogP contribution in [0, 0.1) is 0 Å². The van der Waals surface area contributed by atoms with Gasteiger partial charge < -0.3 is 0 Å². The highest BCUT2D eigenvalue weighted by Crippen LogP contribution is 1.84. The van der Waals surface area contributed by atoms with Gasteiger partial charge in [0.25, 0.3) is 0 Å². The molecule has 0 amide bonds. The first-order valence-electron chi connectivity index (χ1n) is 1.22. The Morgan fingerprint density at radius 1 is 1.57 bits per heavy atom. The van der Waals surface area contributed by atoms with E-state index in [1.165, 1.54) is 0 Å². The minimum absolute atomic E-state index is 1.59. The number of halogens is 1. The lowest BCUT2D eigenvalue weighted by Gasteiger charge is -1.83. The fourth-order valence-corrected chi connectivity index (χ4v) is 0.164. The lowest BCUT2D eigenvalue weighted by molar-refractivity contribution is 0.163. The maximum Gasteiger partial charge on any atom is 0.430 e. The van der Waals surface area contributed by atoms with Crippen molar-refractivity contribution in [3.05, 3.63) is 0 Å². The van der Waals surface area contributed by atoms with Crippen molar-refractivity contribution in [1.29, 1.82) is 0 Å². The molecule has 1 radical (unpaired) electrons. The van der Waals surface area contributed by atoms with E-state index in [-0.39, 0.29) is 0 Å². The molecule has 0 aromatic heterocycles. The van der Waals surface area contributed by atoms with Crippen molar-refractivity contribution in [2.24, 2.45) is 0 Å². The second-order valence-electron chi connectivity index (χ2n) is 0.635. The van der Waals surface area contributed by atoms with Crippen LogP contribution in [-0.2, 0) is 19.1 Å². The third-order valence-electron chi connectivity index (χ3n) is 0.189. The Morgan fingerprint density at radius 3 is 2.00 bits per heavy atom. The van der Waals surface area contributed by atoms with Gasteiger partial charge in [0.05, 0.1) is 0 Å². The van der Waals surface area contributed by atoms with E-state index in [2.05, 4.69) is 4.18 Å². The molecule has 0 aliphatic rings. The Hall–Kier alpha value is -0.200. The molecule has 0 atom stereocenters. The van der Waals surface area contributed by atoms with Crippen LogP contribution in [0.2, 0.25) is 0 Å². The van der Waals surface area contributed by atoms with Gasteiger partial charge in [0.1, 0.15) is 0 Å². The highest BCUT2D eigenvalue weighted by Gasteiger charge is 2.03. The molecule has 0 aromatic carbocycles. The summed E-state index contributed by atoms with van der Waals surface area (Å²) in [6, 6.07) is 0. The minimum Gasteiger partial charge on any atom is -0.219 e. The molecule has 0 N–H and O–H groups in total. The molecule has 0 fully saturated rings. The fraction of sp³-hybridized carbons (Fsp3) is 1.00. The molecular formula is CH2FO4S. The molecule has 6 heteroatoms. The van der Waals surface area contributed by atoms with Crippen molar-refractivity contribution >= 4 is 10.4 Å². The van der Waals surface area contributed by atoms with E-state index in [1.807, 2.05) is 0 Å². The van der Waals surface area contributed by atoms with Crippen LogP contribution in [0.25, 0.3) is 0 Å². The van der Waals surface area contributed by atoms with E-state index >= 15 is 0 Å². The zero-order valence-electron chi connectivity index (χ0n) is 3.13. The lowest BCUT2D eigenvalue weighted by Crippen LogP contribution is -1.98. The molecule has 0 saturated carbocycles. The molecule has 0 saturated heterocycles. The molecule has 0 aliphatic heterocycles. The summed E-state index contributed by atoms with van der Waals surface area (Å²) < 4.78 is 41.3. The van der Waals surface area contributed by atoms with Crippen molar-refractivity contribution < 1.29 is 21.5 Å². The van der Waals surface area contributed by atoms with Crippen LogP contribution in [0.5, 0.6) is 0 Å². The molecule has 4 nitrogen and oxygen atoms in total. The first-order chi connectivity index (χ1) is 3.06. The average molecular weight is 129 g/mol. The van der Waals surface area contributed by atoms with Crippen LogP contribution < -0.4 is 0 Å². The third-order valence-corrected chi connectivity index (χ3v) is 0.567. The zero-order valence-corrected chi connectivity index (χ0v) is 3.94. The average Bonchev–Trinajstić information content (AvgIpc) is 1.30. The van der Waals surface area contributed by atoms with Crippen molar-refractivity contribution in [2.45, 2.75) is 0 Å². The first-order valence-corrected chi connectivity index (χ1v) is 2.56. The van der Waals surface area contributed by atoms with Gasteiger partial charge in [-0.3, -0.25) is 0 Å². The summed E-state index contributed by atoms with van der Waals surface area (Å²) in [5.74, 6) is 0. The van der Waals surface area contributed by atoms with Gasteiger partial charge in [0.2, 0.25) is 6.86 Å². The van der Waals surface area contributed by atoms with Gasteiger partial charge >= 0.3 is 10.4 Å². The molecular weight excluding hydrogens is 127 g/mol. The number of hydrogen-bond donors (Lipinski definition) is 0. The Labute approximate surface area is 39.9 Å². The van der Waals surface area contributed by atoms with Crippen LogP contribution >= 0.6 is 0 Å². The molecule has 0 aliphatic carbocycles. The largest absolute Gasteiger partial charge is 0.430 e. The summed E-state index contributed by atoms with van der Waals surface area (Å²) >= 11 is 0. The fourth-order valence-electron chi connectivity index (χ4n) is 0.0546. The van der Waals surface area contributed by atoms with Gasteiger partial charge in [-0.25, -0.2) is 8.57 Å². The molecule has 0 spiro atoms. The van der Waals surface area contributed by atoms with E-state index in [9.17, 15) is 17.4 Å². The molecule has 0 unspecified atom stereocenters. The van der Waals surface area contributed by atoms with Crippen molar-refractivity contribution in [2.75, 3.05) is 6.86 Å². The second-order valence-corrected chi connectivity index (χ2v) is 1.69. The molecule has 0 bridgehead atoms. The highest BCUT2D eigenvalue weighted by molar-refractivity contribution is 7.80. The Balaban J connectivity index is 3.60. The Morgan fingerprint density at radius 2 is 2.00 bits per heavy atom. The quantitative estimate of drug-likeness (QED) is 0.509. The maximum absolute atomic E-state index is 10.7. The van der Waals surface area contributed by atoms with E-state index in [0.29, 0.717) is 0 Å². The topological polar surface area (TPSA) is 63.3 Å². The predicted octanol–water partition coefficient (Wildman–Crippen LogP) is -0.395. The number of hydrogen-bond acceptors (Lipinski definition) is 3. The normalized spacial score (nSPS) is 11.7. The summed E-state index contributed by atoms with van der Waals surface area (Å²) in [6.45, 7) is -1.59. The lowest BCUT2D eigenvalue weighted by atomic mass is 11.6. The Kier molecular flexibility index (Phi) is 2.13. The van der Waals surface area contributed by atoms with Crippen molar-refractivity contribution in [1.82, 2.24) is 0 Å². The summed E-state index contributed by atoms with van der Waals surface area (Å²) in [7, 11) is -4.80. The van der Waals surface area contributed by atoms with Crippen LogP contribution in [-0.4, -0.2) is 15.3 Å². The van der Waals surface area contributed by atoms with E-state index in [0.717, 1.165) is 0 Å². The van der Waals surface area contributed by atoms with Gasteiger partial charge in [-0.05, 0) is 0 Å². The summed E-state index contributed by atoms with van der Waals surface area (Å²) in [5.41, 5.74) is 0. The van der Waals surface area contributed by atoms with Crippen LogP contribution in [0.3, 0.4) is 0 Å². The monoisotopic (exact) mass is 129 g/mol. The zero-order chi connectivity index (χ0) is 5.91. The third kappa shape index (κ3) is 5.80. The molecule has 0 rings (SSSR count). The van der Waals surface area contributed by atoms with Gasteiger partial charge in [-0.2, -0.15) is 8.42 Å². The van der Waals surface area contributed by atoms with Gasteiger partial charge in [-0.1, -0.05) is 4.55 Å². The molecule has 43 valence electrons. The van der Waals surface area contributed by atoms with Crippen LogP contribution in [0.1, 0.15) is 0 Å². The Bertz CT molecular complexity index is 125. The summed E-state index contributed by atoms with van der Waals surface area (Å²) in [6.07, 6.45) is 0. The van der Waals surface area contributed by atoms with Crippen LogP contribution in [0.4, 0.5) is 4.39 Å². The van der Waals surface area contributed by atoms with Crippen molar-refractivity contribution in [3.8, 4) is 0 Å². The molecule has 7 heavy (non-hydrogen) atoms. The smallest absolute Gasteiger partial charge is 0.219 e. The predicted molar refractivity (Wildman–Crippen MR) is 16.7 cm³/mol. The maximum atomic E-state index is 10.7. The first kappa shape index (κ1) is 6.80. The summed E-state index contributed by atoms with van der Waals surface area (Å²) in [4.78, 5) is 0. The highest BCUT2D eigenvalue weighted by atomic mass is 32.3. The summed E-state index contributed by atoms with van der Waals surface area (Å²) in [5, 5.41) is 0. The number of rotatable bonds is 2. The molecule has 0 aromatic rings. The van der Waals surface area contributed by atoms with Gasteiger partial charge in [0, 0.05) is 0 Å². The SMILES string of the molecule is [O]S(=O)(=O)OCF. The van der Waals surface area contributed by atoms with Gasteiger partial charge in [0.15, 0.2) is 0 Å². The van der Waals surface area contributed by atoms with Crippen molar-refractivity contribution in [3.63, 3.8) is 0 Å². The number of alkyl halides is 1. The van der Waals surface area contributed by atoms with E-state index in [1.54, 1.807) is 0 Å².